The molecule has 1 atom stereocenters. The van der Waals surface area contributed by atoms with E-state index >= 15 is 0 Å². The Morgan fingerprint density at radius 2 is 1.54 bits per heavy atom. The molecule has 1 aliphatic rings. The molecule has 0 aliphatic carbocycles. The van der Waals surface area contributed by atoms with Crippen molar-refractivity contribution in [3.8, 4) is 0 Å². The van der Waals surface area contributed by atoms with Crippen LogP contribution in [-0.2, 0) is 35.2 Å². The monoisotopic (exact) mass is 541 g/mol. The van der Waals surface area contributed by atoms with Crippen LogP contribution in [0, 0.1) is 5.92 Å². The average Bonchev–Trinajstić information content (AvgIpc) is 3.33. The first-order valence-corrected chi connectivity index (χ1v) is 13.3. The number of carbonyl (C=O) groups is 6. The van der Waals surface area contributed by atoms with Gasteiger partial charge in [0.25, 0.3) is 0 Å². The lowest BCUT2D eigenvalue weighted by Crippen LogP contribution is -2.52. The van der Waals surface area contributed by atoms with Crippen LogP contribution in [0.2, 0.25) is 0 Å². The van der Waals surface area contributed by atoms with E-state index < -0.39 is 23.8 Å². The summed E-state index contributed by atoms with van der Waals surface area (Å²) >= 11 is 0. The van der Waals surface area contributed by atoms with Gasteiger partial charge in [-0.25, -0.2) is 0 Å². The Balaban J connectivity index is 1.68. The number of nitrogens with zero attached hydrogens (tertiary/aromatic N) is 1. The van der Waals surface area contributed by atoms with E-state index in [1.807, 2.05) is 36.4 Å². The number of unbranched alkanes of at least 4 members (excludes halogenated alkanes) is 2. The summed E-state index contributed by atoms with van der Waals surface area (Å²) in [6, 6.07) is 8.18. The maximum absolute atomic E-state index is 12.7. The van der Waals surface area contributed by atoms with Crippen molar-refractivity contribution in [2.75, 3.05) is 32.7 Å². The van der Waals surface area contributed by atoms with E-state index in [0.29, 0.717) is 19.5 Å². The van der Waals surface area contributed by atoms with Crippen molar-refractivity contribution in [3.05, 3.63) is 48.0 Å². The van der Waals surface area contributed by atoms with Gasteiger partial charge < -0.3 is 26.2 Å². The predicted octanol–water partition coefficient (Wildman–Crippen LogP) is 0.246. The smallest absolute Gasteiger partial charge is 0.246 e. The Labute approximate surface area is 229 Å². The average molecular weight is 542 g/mol. The minimum Gasteiger partial charge on any atom is -0.347 e. The van der Waals surface area contributed by atoms with Crippen molar-refractivity contribution in [1.29, 1.82) is 0 Å². The maximum Gasteiger partial charge on any atom is 0.246 e. The molecule has 1 aliphatic heterocycles. The van der Waals surface area contributed by atoms with E-state index in [0.717, 1.165) is 18.4 Å². The topological polar surface area (TPSA) is 154 Å². The molecule has 0 bridgehead atoms. The van der Waals surface area contributed by atoms with Crippen molar-refractivity contribution in [3.63, 3.8) is 0 Å². The Bertz CT molecular complexity index is 1040. The largest absolute Gasteiger partial charge is 0.347 e. The minimum atomic E-state index is -0.934. The number of ketones is 1. The van der Waals surface area contributed by atoms with Gasteiger partial charge >= 0.3 is 0 Å². The Morgan fingerprint density at radius 1 is 0.846 bits per heavy atom. The SMILES string of the molecule is CC(C)C(=O)CNC(=O)[C@H](Cc1ccccc1)NC(=O)CNC(=O)CNC(=O)CCCCCN1CC=CC1=O. The van der Waals surface area contributed by atoms with Gasteiger partial charge in [-0.15, -0.1) is 0 Å². The second-order valence-electron chi connectivity index (χ2n) is 9.70. The molecule has 0 saturated heterocycles. The number of rotatable bonds is 17. The van der Waals surface area contributed by atoms with Crippen molar-refractivity contribution in [2.24, 2.45) is 5.92 Å². The van der Waals surface area contributed by atoms with Gasteiger partial charge in [0.2, 0.25) is 29.5 Å². The van der Waals surface area contributed by atoms with Gasteiger partial charge in [0.05, 0.1) is 19.6 Å². The van der Waals surface area contributed by atoms with Crippen molar-refractivity contribution in [2.45, 2.75) is 52.0 Å². The van der Waals surface area contributed by atoms with Crippen molar-refractivity contribution in [1.82, 2.24) is 26.2 Å². The van der Waals surface area contributed by atoms with Crippen LogP contribution >= 0.6 is 0 Å². The standard InChI is InChI=1S/C28H39N5O6/c1-20(2)23(34)17-31-28(39)22(16-21-10-5-3-6-11-21)32-26(37)19-30-25(36)18-29-24(35)12-7-4-8-14-33-15-9-13-27(33)38/h3,5-6,9-11,13,20,22H,4,7-8,12,14-19H2,1-2H3,(H,29,35)(H,30,36)(H,31,39)(H,32,37)/t22-/m0/s1. The molecule has 11 heteroatoms. The van der Waals surface area contributed by atoms with Crippen molar-refractivity contribution < 1.29 is 28.8 Å². The summed E-state index contributed by atoms with van der Waals surface area (Å²) in [5.41, 5.74) is 0.821. The van der Waals surface area contributed by atoms with Crippen LogP contribution in [0.15, 0.2) is 42.5 Å². The van der Waals surface area contributed by atoms with E-state index in [9.17, 15) is 28.8 Å². The third-order valence-electron chi connectivity index (χ3n) is 6.14. The summed E-state index contributed by atoms with van der Waals surface area (Å²) in [4.78, 5) is 74.4. The lowest BCUT2D eigenvalue weighted by Gasteiger charge is -2.19. The highest BCUT2D eigenvalue weighted by Crippen LogP contribution is 2.06. The van der Waals surface area contributed by atoms with Crippen LogP contribution in [-0.4, -0.2) is 79.0 Å². The predicted molar refractivity (Wildman–Crippen MR) is 145 cm³/mol. The molecule has 11 nitrogen and oxygen atoms in total. The Kier molecular flexibility index (Phi) is 13.4. The molecule has 1 aromatic carbocycles. The molecule has 39 heavy (non-hydrogen) atoms. The molecule has 5 amide bonds. The normalized spacial score (nSPS) is 13.2. The summed E-state index contributed by atoms with van der Waals surface area (Å²) in [6.45, 7) is 3.98. The molecule has 0 saturated carbocycles. The number of carbonyl (C=O) groups excluding carboxylic acids is 6. The summed E-state index contributed by atoms with van der Waals surface area (Å²) in [5, 5.41) is 10.1. The van der Waals surface area contributed by atoms with Crippen LogP contribution in [0.5, 0.6) is 0 Å². The second kappa shape index (κ2) is 16.7. The van der Waals surface area contributed by atoms with Gasteiger partial charge in [-0.05, 0) is 18.4 Å². The summed E-state index contributed by atoms with van der Waals surface area (Å²) in [7, 11) is 0. The summed E-state index contributed by atoms with van der Waals surface area (Å²) in [5.74, 6) is -2.22. The maximum atomic E-state index is 12.7. The molecule has 0 aromatic heterocycles. The number of Topliss-reactive ketones (excluding diaryl/α,β-unsaturated/α-hetero) is 1. The van der Waals surface area contributed by atoms with Crippen LogP contribution < -0.4 is 21.3 Å². The highest BCUT2D eigenvalue weighted by Gasteiger charge is 2.22. The first-order chi connectivity index (χ1) is 18.7. The minimum absolute atomic E-state index is 0.0144. The van der Waals surface area contributed by atoms with Crippen LogP contribution in [0.25, 0.3) is 0 Å². The van der Waals surface area contributed by atoms with E-state index in [1.165, 1.54) is 0 Å². The molecular formula is C28H39N5O6. The van der Waals surface area contributed by atoms with E-state index in [1.54, 1.807) is 24.8 Å². The van der Waals surface area contributed by atoms with Crippen molar-refractivity contribution >= 4 is 35.3 Å². The van der Waals surface area contributed by atoms with Crippen LogP contribution in [0.4, 0.5) is 0 Å². The molecule has 4 N–H and O–H groups in total. The number of amides is 5. The molecular weight excluding hydrogens is 502 g/mol. The highest BCUT2D eigenvalue weighted by atomic mass is 16.2. The van der Waals surface area contributed by atoms with Crippen LogP contribution in [0.1, 0.15) is 45.1 Å². The molecule has 212 valence electrons. The number of hydrogen-bond donors (Lipinski definition) is 4. The lowest BCUT2D eigenvalue weighted by molar-refractivity contribution is -0.131. The van der Waals surface area contributed by atoms with E-state index in [4.69, 9.17) is 0 Å². The molecule has 2 rings (SSSR count). The number of hydrogen-bond acceptors (Lipinski definition) is 6. The molecule has 1 heterocycles. The van der Waals surface area contributed by atoms with E-state index in [2.05, 4.69) is 21.3 Å². The molecule has 1 aromatic rings. The zero-order valence-corrected chi connectivity index (χ0v) is 22.7. The number of benzene rings is 1. The van der Waals surface area contributed by atoms with Gasteiger partial charge in [-0.1, -0.05) is 56.7 Å². The fourth-order valence-electron chi connectivity index (χ4n) is 3.76. The molecule has 0 radical (unpaired) electrons. The first-order valence-electron chi connectivity index (χ1n) is 13.3. The number of nitrogens with one attached hydrogen (secondary N) is 4. The third-order valence-corrected chi connectivity index (χ3v) is 6.14. The first kappa shape index (κ1) is 31.2. The van der Waals surface area contributed by atoms with Gasteiger partial charge in [-0.2, -0.15) is 0 Å². The molecule has 0 spiro atoms. The third kappa shape index (κ3) is 12.4. The quantitative estimate of drug-likeness (QED) is 0.207. The molecule has 0 fully saturated rings. The highest BCUT2D eigenvalue weighted by molar-refractivity contribution is 5.93. The van der Waals surface area contributed by atoms with E-state index in [-0.39, 0.29) is 56.0 Å². The zero-order chi connectivity index (χ0) is 28.6. The van der Waals surface area contributed by atoms with Gasteiger partial charge in [0.1, 0.15) is 6.04 Å². The van der Waals surface area contributed by atoms with Gasteiger partial charge in [0, 0.05) is 37.9 Å². The summed E-state index contributed by atoms with van der Waals surface area (Å²) in [6.07, 6.45) is 6.07. The second-order valence-corrected chi connectivity index (χ2v) is 9.70. The van der Waals surface area contributed by atoms with Crippen LogP contribution in [0.3, 0.4) is 0 Å². The Morgan fingerprint density at radius 3 is 2.21 bits per heavy atom. The fraction of sp³-hybridized carbons (Fsp3) is 0.500. The molecule has 0 unspecified atom stereocenters. The lowest BCUT2D eigenvalue weighted by atomic mass is 10.0. The Hall–Kier alpha value is -4.02. The zero-order valence-electron chi connectivity index (χ0n) is 22.7. The fourth-order valence-corrected chi connectivity index (χ4v) is 3.76. The van der Waals surface area contributed by atoms with Gasteiger partial charge in [-0.3, -0.25) is 28.8 Å². The van der Waals surface area contributed by atoms with Gasteiger partial charge in [0.15, 0.2) is 5.78 Å². The summed E-state index contributed by atoms with van der Waals surface area (Å²) < 4.78 is 0.